The topological polar surface area (TPSA) is 97.1 Å². The van der Waals surface area contributed by atoms with Gasteiger partial charge in [0.2, 0.25) is 11.8 Å². The van der Waals surface area contributed by atoms with Crippen LogP contribution in [-0.2, 0) is 4.79 Å². The van der Waals surface area contributed by atoms with Crippen LogP contribution in [-0.4, -0.2) is 34.8 Å². The van der Waals surface area contributed by atoms with E-state index in [2.05, 4.69) is 20.8 Å². The second kappa shape index (κ2) is 8.84. The highest BCUT2D eigenvalue weighted by molar-refractivity contribution is 7.99. The second-order valence-electron chi connectivity index (χ2n) is 6.23. The van der Waals surface area contributed by atoms with Crippen LogP contribution in [0.25, 0.3) is 0 Å². The van der Waals surface area contributed by atoms with Crippen molar-refractivity contribution in [1.82, 2.24) is 15.5 Å². The number of hydrogen-bond acceptors (Lipinski definition) is 6. The van der Waals surface area contributed by atoms with Gasteiger partial charge >= 0.3 is 0 Å². The zero-order chi connectivity index (χ0) is 18.4. The SMILES string of the molecule is CNC(=O)c1ccc(NC(=O)CSc2nnc(C3CCCCC3)o2)cc1. The van der Waals surface area contributed by atoms with Gasteiger partial charge in [0.25, 0.3) is 11.1 Å². The highest BCUT2D eigenvalue weighted by atomic mass is 32.2. The van der Waals surface area contributed by atoms with Crippen LogP contribution in [0.4, 0.5) is 5.69 Å². The summed E-state index contributed by atoms with van der Waals surface area (Å²) in [6, 6.07) is 6.72. The Morgan fingerprint density at radius 3 is 2.58 bits per heavy atom. The molecule has 1 saturated carbocycles. The molecular weight excluding hydrogens is 352 g/mol. The second-order valence-corrected chi connectivity index (χ2v) is 7.16. The van der Waals surface area contributed by atoms with Crippen LogP contribution in [0, 0.1) is 0 Å². The molecule has 0 unspecified atom stereocenters. The van der Waals surface area contributed by atoms with Crippen LogP contribution in [0.2, 0.25) is 0 Å². The van der Waals surface area contributed by atoms with E-state index < -0.39 is 0 Å². The molecule has 3 rings (SSSR count). The molecule has 1 heterocycles. The molecule has 2 N–H and O–H groups in total. The Labute approximate surface area is 156 Å². The minimum atomic E-state index is -0.167. The van der Waals surface area contributed by atoms with Crippen molar-refractivity contribution in [2.75, 3.05) is 18.1 Å². The van der Waals surface area contributed by atoms with Crippen molar-refractivity contribution in [2.45, 2.75) is 43.2 Å². The zero-order valence-corrected chi connectivity index (χ0v) is 15.5. The first-order valence-corrected chi connectivity index (χ1v) is 9.72. The maximum atomic E-state index is 12.1. The number of rotatable bonds is 6. The van der Waals surface area contributed by atoms with Gasteiger partial charge in [0.15, 0.2) is 0 Å². The van der Waals surface area contributed by atoms with E-state index in [-0.39, 0.29) is 17.6 Å². The van der Waals surface area contributed by atoms with Crippen LogP contribution in [0.5, 0.6) is 0 Å². The van der Waals surface area contributed by atoms with Crippen molar-refractivity contribution in [2.24, 2.45) is 0 Å². The lowest BCUT2D eigenvalue weighted by molar-refractivity contribution is -0.113. The lowest BCUT2D eigenvalue weighted by Crippen LogP contribution is -2.18. The monoisotopic (exact) mass is 374 g/mol. The Bertz CT molecular complexity index is 754. The minimum absolute atomic E-state index is 0.163. The Morgan fingerprint density at radius 1 is 1.15 bits per heavy atom. The van der Waals surface area contributed by atoms with Gasteiger partial charge in [0.1, 0.15) is 0 Å². The molecule has 0 bridgehead atoms. The summed E-state index contributed by atoms with van der Waals surface area (Å²) in [5.74, 6) is 0.906. The number of thioether (sulfide) groups is 1. The third-order valence-corrected chi connectivity index (χ3v) is 5.18. The summed E-state index contributed by atoms with van der Waals surface area (Å²) in [4.78, 5) is 23.6. The van der Waals surface area contributed by atoms with E-state index in [4.69, 9.17) is 4.42 Å². The molecule has 2 amide bonds. The fourth-order valence-corrected chi connectivity index (χ4v) is 3.54. The highest BCUT2D eigenvalue weighted by Gasteiger charge is 2.21. The molecule has 1 aromatic carbocycles. The van der Waals surface area contributed by atoms with E-state index in [1.807, 2.05) is 0 Å². The molecule has 0 radical (unpaired) electrons. The van der Waals surface area contributed by atoms with Gasteiger partial charge in [-0.25, -0.2) is 0 Å². The van der Waals surface area contributed by atoms with Gasteiger partial charge in [-0.15, -0.1) is 10.2 Å². The van der Waals surface area contributed by atoms with Crippen LogP contribution in [0.3, 0.4) is 0 Å². The molecule has 1 fully saturated rings. The minimum Gasteiger partial charge on any atom is -0.416 e. The Hall–Kier alpha value is -2.35. The van der Waals surface area contributed by atoms with Crippen LogP contribution in [0.15, 0.2) is 33.9 Å². The molecule has 2 aromatic rings. The van der Waals surface area contributed by atoms with Crippen LogP contribution >= 0.6 is 11.8 Å². The first kappa shape index (κ1) is 18.4. The van der Waals surface area contributed by atoms with Crippen molar-refractivity contribution in [3.8, 4) is 0 Å². The maximum Gasteiger partial charge on any atom is 0.277 e. The Morgan fingerprint density at radius 2 is 1.88 bits per heavy atom. The van der Waals surface area contributed by atoms with Crippen molar-refractivity contribution in [3.63, 3.8) is 0 Å². The number of carbonyl (C=O) groups is 2. The number of nitrogens with zero attached hydrogens (tertiary/aromatic N) is 2. The summed E-state index contributed by atoms with van der Waals surface area (Å²) < 4.78 is 5.69. The van der Waals surface area contributed by atoms with E-state index in [0.29, 0.717) is 28.3 Å². The van der Waals surface area contributed by atoms with Crippen LogP contribution < -0.4 is 10.6 Å². The lowest BCUT2D eigenvalue weighted by Gasteiger charge is -2.17. The molecule has 7 nitrogen and oxygen atoms in total. The molecule has 0 atom stereocenters. The standard InChI is InChI=1S/C18H22N4O3S/c1-19-16(24)12-7-9-14(10-8-12)20-15(23)11-26-18-22-21-17(25-18)13-5-3-2-4-6-13/h7-10,13H,2-6,11H2,1H3,(H,19,24)(H,20,23). The summed E-state index contributed by atoms with van der Waals surface area (Å²) in [6.07, 6.45) is 5.88. The van der Waals surface area contributed by atoms with Crippen molar-refractivity contribution in [1.29, 1.82) is 0 Å². The van der Waals surface area contributed by atoms with E-state index in [0.717, 1.165) is 12.8 Å². The van der Waals surface area contributed by atoms with Gasteiger partial charge in [0, 0.05) is 24.2 Å². The number of carbonyl (C=O) groups excluding carboxylic acids is 2. The van der Waals surface area contributed by atoms with Gasteiger partial charge in [-0.2, -0.15) is 0 Å². The summed E-state index contributed by atoms with van der Waals surface area (Å²) in [5.41, 5.74) is 1.18. The molecule has 8 heteroatoms. The molecule has 1 aliphatic rings. The molecule has 26 heavy (non-hydrogen) atoms. The predicted molar refractivity (Wildman–Crippen MR) is 99.3 cm³/mol. The van der Waals surface area contributed by atoms with Crippen molar-refractivity contribution in [3.05, 3.63) is 35.7 Å². The average molecular weight is 374 g/mol. The van der Waals surface area contributed by atoms with Gasteiger partial charge in [0.05, 0.1) is 5.75 Å². The van der Waals surface area contributed by atoms with Gasteiger partial charge < -0.3 is 15.1 Å². The van der Waals surface area contributed by atoms with Gasteiger partial charge in [-0.05, 0) is 37.1 Å². The number of nitrogens with one attached hydrogen (secondary N) is 2. The smallest absolute Gasteiger partial charge is 0.277 e. The van der Waals surface area contributed by atoms with Gasteiger partial charge in [-0.1, -0.05) is 31.0 Å². The number of anilines is 1. The first-order valence-electron chi connectivity index (χ1n) is 8.74. The third kappa shape index (κ3) is 4.85. The molecule has 0 saturated heterocycles. The zero-order valence-electron chi connectivity index (χ0n) is 14.7. The quantitative estimate of drug-likeness (QED) is 0.754. The molecule has 0 aliphatic heterocycles. The maximum absolute atomic E-state index is 12.1. The summed E-state index contributed by atoms with van der Waals surface area (Å²) in [5, 5.41) is 13.9. The normalized spacial score (nSPS) is 14.8. The average Bonchev–Trinajstić information content (AvgIpc) is 3.16. The lowest BCUT2D eigenvalue weighted by atomic mass is 9.89. The van der Waals surface area contributed by atoms with Gasteiger partial charge in [-0.3, -0.25) is 9.59 Å². The number of aromatic nitrogens is 2. The molecule has 1 aliphatic carbocycles. The Balaban J connectivity index is 1.48. The highest BCUT2D eigenvalue weighted by Crippen LogP contribution is 2.32. The summed E-state index contributed by atoms with van der Waals surface area (Å²) in [7, 11) is 1.58. The van der Waals surface area contributed by atoms with Crippen molar-refractivity contribution < 1.29 is 14.0 Å². The largest absolute Gasteiger partial charge is 0.416 e. The first-order chi connectivity index (χ1) is 12.7. The summed E-state index contributed by atoms with van der Waals surface area (Å²) >= 11 is 1.23. The van der Waals surface area contributed by atoms with E-state index in [1.165, 1.54) is 31.0 Å². The number of hydrogen-bond donors (Lipinski definition) is 2. The van der Waals surface area contributed by atoms with Crippen LogP contribution in [0.1, 0.15) is 54.3 Å². The molecule has 0 spiro atoms. The predicted octanol–water partition coefficient (Wildman–Crippen LogP) is 3.21. The molecule has 138 valence electrons. The van der Waals surface area contributed by atoms with Crippen molar-refractivity contribution >= 4 is 29.3 Å². The fourth-order valence-electron chi connectivity index (χ4n) is 2.97. The third-order valence-electron chi connectivity index (χ3n) is 4.36. The Kier molecular flexibility index (Phi) is 6.27. The molecular formula is C18H22N4O3S. The summed E-state index contributed by atoms with van der Waals surface area (Å²) in [6.45, 7) is 0. The van der Waals surface area contributed by atoms with E-state index in [1.54, 1.807) is 31.3 Å². The molecule has 1 aromatic heterocycles. The van der Waals surface area contributed by atoms with E-state index >= 15 is 0 Å². The fraction of sp³-hybridized carbons (Fsp3) is 0.444. The number of benzene rings is 1. The number of amides is 2. The van der Waals surface area contributed by atoms with E-state index in [9.17, 15) is 9.59 Å².